The first-order valence-corrected chi connectivity index (χ1v) is 6.06. The van der Waals surface area contributed by atoms with Crippen LogP contribution < -0.4 is 11.1 Å². The van der Waals surface area contributed by atoms with Gasteiger partial charge in [-0.25, -0.2) is 0 Å². The molecule has 98 valence electrons. The number of nitrogens with two attached hydrogens (primary N) is 1. The third kappa shape index (κ3) is 3.10. The molecule has 1 fully saturated rings. The van der Waals surface area contributed by atoms with Gasteiger partial charge in [0.1, 0.15) is 0 Å². The molecule has 1 aliphatic heterocycles. The maximum atomic E-state index is 10.6. The second-order valence-electron chi connectivity index (χ2n) is 4.40. The Hall–Kier alpha value is -1.82. The summed E-state index contributed by atoms with van der Waals surface area (Å²) in [6, 6.07) is 4.45. The summed E-state index contributed by atoms with van der Waals surface area (Å²) in [6.45, 7) is 1.49. The number of hydrogen-bond acceptors (Lipinski definition) is 5. The molecule has 1 aliphatic rings. The number of benzene rings is 1. The molecular formula is C12H17N3O3. The number of anilines is 2. The number of nitrogens with one attached hydrogen (secondary N) is 1. The zero-order valence-electron chi connectivity index (χ0n) is 10.1. The molecule has 0 spiro atoms. The lowest BCUT2D eigenvalue weighted by Gasteiger charge is -2.23. The van der Waals surface area contributed by atoms with E-state index in [0.717, 1.165) is 25.1 Å². The SMILES string of the molecule is Nc1cc([N+](=O)[O-])ccc1NCC1CCCCO1. The first kappa shape index (κ1) is 12.6. The van der Waals surface area contributed by atoms with Crippen LogP contribution in [0.5, 0.6) is 0 Å². The summed E-state index contributed by atoms with van der Waals surface area (Å²) < 4.78 is 5.59. The van der Waals surface area contributed by atoms with Crippen molar-refractivity contribution in [1.29, 1.82) is 0 Å². The van der Waals surface area contributed by atoms with E-state index in [1.165, 1.54) is 18.6 Å². The third-order valence-corrected chi connectivity index (χ3v) is 3.04. The van der Waals surface area contributed by atoms with Crippen molar-refractivity contribution in [3.05, 3.63) is 28.3 Å². The molecule has 0 bridgehead atoms. The molecule has 3 N–H and O–H groups in total. The lowest BCUT2D eigenvalue weighted by molar-refractivity contribution is -0.384. The number of nitro benzene ring substituents is 1. The van der Waals surface area contributed by atoms with Crippen LogP contribution in [0.15, 0.2) is 18.2 Å². The van der Waals surface area contributed by atoms with Crippen molar-refractivity contribution >= 4 is 17.1 Å². The Balaban J connectivity index is 1.94. The first-order valence-electron chi connectivity index (χ1n) is 6.06. The van der Waals surface area contributed by atoms with Gasteiger partial charge < -0.3 is 15.8 Å². The number of hydrogen-bond donors (Lipinski definition) is 2. The van der Waals surface area contributed by atoms with Gasteiger partial charge in [-0.3, -0.25) is 10.1 Å². The standard InChI is InChI=1S/C12H17N3O3/c13-11-7-9(15(16)17)4-5-12(11)14-8-10-3-1-2-6-18-10/h4-5,7,10,14H,1-3,6,8,13H2. The van der Waals surface area contributed by atoms with Gasteiger partial charge in [-0.2, -0.15) is 0 Å². The van der Waals surface area contributed by atoms with E-state index in [2.05, 4.69) is 5.32 Å². The van der Waals surface area contributed by atoms with Crippen molar-refractivity contribution in [3.8, 4) is 0 Å². The summed E-state index contributed by atoms with van der Waals surface area (Å²) in [5.74, 6) is 0. The van der Waals surface area contributed by atoms with Crippen LogP contribution in [-0.2, 0) is 4.74 Å². The summed E-state index contributed by atoms with van der Waals surface area (Å²) in [4.78, 5) is 10.1. The zero-order chi connectivity index (χ0) is 13.0. The fraction of sp³-hybridized carbons (Fsp3) is 0.500. The Morgan fingerprint density at radius 3 is 2.94 bits per heavy atom. The number of ether oxygens (including phenoxy) is 1. The Kier molecular flexibility index (Phi) is 3.99. The molecule has 2 rings (SSSR count). The van der Waals surface area contributed by atoms with Crippen molar-refractivity contribution in [2.75, 3.05) is 24.2 Å². The Morgan fingerprint density at radius 2 is 2.33 bits per heavy atom. The van der Waals surface area contributed by atoms with Gasteiger partial charge in [-0.15, -0.1) is 0 Å². The maximum Gasteiger partial charge on any atom is 0.271 e. The van der Waals surface area contributed by atoms with Crippen LogP contribution >= 0.6 is 0 Å². The van der Waals surface area contributed by atoms with Crippen LogP contribution in [0.25, 0.3) is 0 Å². The highest BCUT2D eigenvalue weighted by atomic mass is 16.6. The highest BCUT2D eigenvalue weighted by molar-refractivity contribution is 5.69. The average Bonchev–Trinajstić information content (AvgIpc) is 2.38. The highest BCUT2D eigenvalue weighted by Gasteiger charge is 2.14. The number of non-ortho nitro benzene ring substituents is 1. The van der Waals surface area contributed by atoms with Gasteiger partial charge in [0.25, 0.3) is 5.69 Å². The summed E-state index contributed by atoms with van der Waals surface area (Å²) in [6.07, 6.45) is 3.55. The van der Waals surface area contributed by atoms with E-state index in [0.29, 0.717) is 12.2 Å². The summed E-state index contributed by atoms with van der Waals surface area (Å²) in [5.41, 5.74) is 6.88. The fourth-order valence-electron chi connectivity index (χ4n) is 2.02. The third-order valence-electron chi connectivity index (χ3n) is 3.04. The normalized spacial score (nSPS) is 19.4. The molecule has 0 saturated carbocycles. The molecule has 0 aliphatic carbocycles. The van der Waals surface area contributed by atoms with Gasteiger partial charge >= 0.3 is 0 Å². The van der Waals surface area contributed by atoms with Gasteiger partial charge in [-0.1, -0.05) is 0 Å². The molecule has 0 radical (unpaired) electrons. The topological polar surface area (TPSA) is 90.4 Å². The van der Waals surface area contributed by atoms with E-state index in [4.69, 9.17) is 10.5 Å². The minimum absolute atomic E-state index is 0.00645. The van der Waals surface area contributed by atoms with Crippen LogP contribution in [0, 0.1) is 10.1 Å². The van der Waals surface area contributed by atoms with Crippen LogP contribution in [0.4, 0.5) is 17.1 Å². The minimum Gasteiger partial charge on any atom is -0.397 e. The lowest BCUT2D eigenvalue weighted by atomic mass is 10.1. The maximum absolute atomic E-state index is 10.6. The predicted molar refractivity (Wildman–Crippen MR) is 69.6 cm³/mol. The molecule has 0 amide bonds. The summed E-state index contributed by atoms with van der Waals surface area (Å²) in [5, 5.41) is 13.8. The number of nitrogen functional groups attached to an aromatic ring is 1. The Bertz CT molecular complexity index is 431. The van der Waals surface area contributed by atoms with Crippen LogP contribution in [0.2, 0.25) is 0 Å². The summed E-state index contributed by atoms with van der Waals surface area (Å²) in [7, 11) is 0. The fourth-order valence-corrected chi connectivity index (χ4v) is 2.02. The van der Waals surface area contributed by atoms with E-state index in [1.54, 1.807) is 6.07 Å². The van der Waals surface area contributed by atoms with Crippen molar-refractivity contribution < 1.29 is 9.66 Å². The number of nitrogens with zero attached hydrogens (tertiary/aromatic N) is 1. The molecule has 6 nitrogen and oxygen atoms in total. The van der Waals surface area contributed by atoms with Gasteiger partial charge in [0, 0.05) is 25.3 Å². The van der Waals surface area contributed by atoms with Crippen molar-refractivity contribution in [2.24, 2.45) is 0 Å². The van der Waals surface area contributed by atoms with Crippen LogP contribution in [0.3, 0.4) is 0 Å². The smallest absolute Gasteiger partial charge is 0.271 e. The lowest BCUT2D eigenvalue weighted by Crippen LogP contribution is -2.27. The molecule has 1 unspecified atom stereocenters. The summed E-state index contributed by atoms with van der Waals surface area (Å²) >= 11 is 0. The minimum atomic E-state index is -0.454. The van der Waals surface area contributed by atoms with E-state index >= 15 is 0 Å². The molecule has 1 heterocycles. The van der Waals surface area contributed by atoms with Gasteiger partial charge in [0.05, 0.1) is 22.4 Å². The van der Waals surface area contributed by atoms with E-state index < -0.39 is 4.92 Å². The van der Waals surface area contributed by atoms with Gasteiger partial charge in [0.15, 0.2) is 0 Å². The quantitative estimate of drug-likeness (QED) is 0.486. The molecule has 18 heavy (non-hydrogen) atoms. The van der Waals surface area contributed by atoms with Crippen LogP contribution in [0.1, 0.15) is 19.3 Å². The molecular weight excluding hydrogens is 234 g/mol. The number of rotatable bonds is 4. The molecule has 0 aromatic heterocycles. The van der Waals surface area contributed by atoms with E-state index in [-0.39, 0.29) is 11.8 Å². The van der Waals surface area contributed by atoms with Gasteiger partial charge in [-0.05, 0) is 25.3 Å². The van der Waals surface area contributed by atoms with E-state index in [9.17, 15) is 10.1 Å². The van der Waals surface area contributed by atoms with Crippen molar-refractivity contribution in [1.82, 2.24) is 0 Å². The van der Waals surface area contributed by atoms with Crippen LogP contribution in [-0.4, -0.2) is 24.2 Å². The second kappa shape index (κ2) is 5.68. The van der Waals surface area contributed by atoms with Crippen molar-refractivity contribution in [3.63, 3.8) is 0 Å². The zero-order valence-corrected chi connectivity index (χ0v) is 10.1. The molecule has 1 saturated heterocycles. The Morgan fingerprint density at radius 1 is 1.50 bits per heavy atom. The molecule has 1 aromatic carbocycles. The molecule has 1 atom stereocenters. The molecule has 6 heteroatoms. The monoisotopic (exact) mass is 251 g/mol. The number of nitro groups is 1. The van der Waals surface area contributed by atoms with E-state index in [1.807, 2.05) is 0 Å². The second-order valence-corrected chi connectivity index (χ2v) is 4.40. The van der Waals surface area contributed by atoms with Gasteiger partial charge in [0.2, 0.25) is 0 Å². The highest BCUT2D eigenvalue weighted by Crippen LogP contribution is 2.24. The molecule has 1 aromatic rings. The average molecular weight is 251 g/mol. The van der Waals surface area contributed by atoms with Crippen molar-refractivity contribution in [2.45, 2.75) is 25.4 Å². The largest absolute Gasteiger partial charge is 0.397 e. The Labute approximate surface area is 105 Å². The first-order chi connectivity index (χ1) is 8.66. The predicted octanol–water partition coefficient (Wildman–Crippen LogP) is 2.16.